The maximum Gasteiger partial charge on any atom is 0.322 e. The number of anilines is 2. The fraction of sp³-hybridized carbons (Fsp3) is 0.478. The second-order valence-corrected chi connectivity index (χ2v) is 8.63. The zero-order valence-corrected chi connectivity index (χ0v) is 19.1. The molecule has 0 aliphatic carbocycles. The third-order valence-electron chi connectivity index (χ3n) is 5.70. The van der Waals surface area contributed by atoms with E-state index in [0.717, 1.165) is 48.4 Å². The molecule has 1 aliphatic heterocycles. The maximum atomic E-state index is 11.5. The van der Waals surface area contributed by atoms with Crippen molar-refractivity contribution >= 4 is 23.2 Å². The van der Waals surface area contributed by atoms with E-state index in [0.29, 0.717) is 18.5 Å². The van der Waals surface area contributed by atoms with Gasteiger partial charge in [0.1, 0.15) is 6.10 Å². The van der Waals surface area contributed by atoms with E-state index in [1.165, 1.54) is 6.92 Å². The summed E-state index contributed by atoms with van der Waals surface area (Å²) in [6.45, 7) is 8.21. The van der Waals surface area contributed by atoms with Crippen molar-refractivity contribution < 1.29 is 9.53 Å². The van der Waals surface area contributed by atoms with Crippen LogP contribution in [0.4, 0.5) is 11.6 Å². The van der Waals surface area contributed by atoms with Gasteiger partial charge >= 0.3 is 6.01 Å². The van der Waals surface area contributed by atoms with Gasteiger partial charge in [-0.25, -0.2) is 0 Å². The zero-order chi connectivity index (χ0) is 22.7. The SMILES string of the molecule is CC(=O)Nc1ccccc1CNc1nc(OC2CCN(C)CC2)nc2c(C(C)C)cnn12. The van der Waals surface area contributed by atoms with Gasteiger partial charge in [-0.3, -0.25) is 4.79 Å². The monoisotopic (exact) mass is 437 g/mol. The molecule has 1 aliphatic rings. The molecule has 0 spiro atoms. The first-order valence-corrected chi connectivity index (χ1v) is 11.1. The molecule has 9 nitrogen and oxygen atoms in total. The van der Waals surface area contributed by atoms with Crippen molar-refractivity contribution in [3.63, 3.8) is 0 Å². The second-order valence-electron chi connectivity index (χ2n) is 8.63. The molecule has 170 valence electrons. The molecule has 3 aromatic rings. The molecule has 32 heavy (non-hydrogen) atoms. The molecule has 0 atom stereocenters. The minimum absolute atomic E-state index is 0.104. The van der Waals surface area contributed by atoms with Crippen LogP contribution < -0.4 is 15.4 Å². The van der Waals surface area contributed by atoms with Gasteiger partial charge in [-0.1, -0.05) is 32.0 Å². The van der Waals surface area contributed by atoms with Crippen LogP contribution in [0, 0.1) is 0 Å². The maximum absolute atomic E-state index is 11.5. The summed E-state index contributed by atoms with van der Waals surface area (Å²) < 4.78 is 7.92. The molecule has 1 saturated heterocycles. The quantitative estimate of drug-likeness (QED) is 0.585. The van der Waals surface area contributed by atoms with Gasteiger partial charge in [0.2, 0.25) is 11.9 Å². The van der Waals surface area contributed by atoms with Crippen molar-refractivity contribution in [2.45, 2.75) is 52.2 Å². The highest BCUT2D eigenvalue weighted by molar-refractivity contribution is 5.89. The van der Waals surface area contributed by atoms with Gasteiger partial charge < -0.3 is 20.3 Å². The van der Waals surface area contributed by atoms with Gasteiger partial charge in [0.25, 0.3) is 0 Å². The van der Waals surface area contributed by atoms with Crippen LogP contribution in [0.5, 0.6) is 6.01 Å². The number of aromatic nitrogens is 4. The number of amides is 1. The van der Waals surface area contributed by atoms with E-state index in [4.69, 9.17) is 9.72 Å². The standard InChI is InChI=1S/C23H31N7O2/c1-15(2)19-14-25-30-21(19)27-23(32-18-9-11-29(4)12-10-18)28-22(30)24-13-17-7-5-6-8-20(17)26-16(3)31/h5-8,14-15,18H,9-13H2,1-4H3,(H,26,31)(H,24,27,28). The summed E-state index contributed by atoms with van der Waals surface area (Å²) in [5.74, 6) is 0.721. The van der Waals surface area contributed by atoms with Gasteiger partial charge in [0.05, 0.1) is 6.20 Å². The van der Waals surface area contributed by atoms with E-state index >= 15 is 0 Å². The third kappa shape index (κ3) is 4.99. The largest absolute Gasteiger partial charge is 0.460 e. The summed E-state index contributed by atoms with van der Waals surface area (Å²) in [6, 6.07) is 8.06. The van der Waals surface area contributed by atoms with Crippen molar-refractivity contribution in [2.75, 3.05) is 30.8 Å². The summed E-state index contributed by atoms with van der Waals surface area (Å²) in [5.41, 5.74) is 3.50. The molecule has 2 aromatic heterocycles. The predicted molar refractivity (Wildman–Crippen MR) is 124 cm³/mol. The number of benzene rings is 1. The molecular weight excluding hydrogens is 406 g/mol. The molecule has 4 rings (SSSR count). The number of likely N-dealkylation sites (tertiary alicyclic amines) is 1. The Morgan fingerprint density at radius 1 is 1.22 bits per heavy atom. The number of carbonyl (C=O) groups is 1. The van der Waals surface area contributed by atoms with Crippen molar-refractivity contribution in [3.05, 3.63) is 41.6 Å². The highest BCUT2D eigenvalue weighted by Gasteiger charge is 2.21. The van der Waals surface area contributed by atoms with E-state index in [9.17, 15) is 4.79 Å². The Hall–Kier alpha value is -3.20. The average Bonchev–Trinajstić information content (AvgIpc) is 3.19. The Labute approximate surface area is 188 Å². The number of para-hydroxylation sites is 1. The van der Waals surface area contributed by atoms with Gasteiger partial charge in [-0.2, -0.15) is 19.6 Å². The number of piperidine rings is 1. The van der Waals surface area contributed by atoms with Crippen LogP contribution in [0.3, 0.4) is 0 Å². The van der Waals surface area contributed by atoms with Crippen LogP contribution in [-0.2, 0) is 11.3 Å². The number of rotatable bonds is 7. The number of carbonyl (C=O) groups excluding carboxylic acids is 1. The summed E-state index contributed by atoms with van der Waals surface area (Å²) in [4.78, 5) is 23.2. The van der Waals surface area contributed by atoms with Crippen molar-refractivity contribution in [1.29, 1.82) is 0 Å². The molecular formula is C23H31N7O2. The summed E-state index contributed by atoms with van der Waals surface area (Å²) in [7, 11) is 2.13. The smallest absolute Gasteiger partial charge is 0.322 e. The van der Waals surface area contributed by atoms with Crippen LogP contribution in [0.2, 0.25) is 0 Å². The number of nitrogens with one attached hydrogen (secondary N) is 2. The second kappa shape index (κ2) is 9.52. The number of hydrogen-bond acceptors (Lipinski definition) is 7. The molecule has 9 heteroatoms. The molecule has 2 N–H and O–H groups in total. The van der Waals surface area contributed by atoms with E-state index < -0.39 is 0 Å². The Bertz CT molecular complexity index is 1090. The Morgan fingerprint density at radius 3 is 2.69 bits per heavy atom. The lowest BCUT2D eigenvalue weighted by Crippen LogP contribution is -2.36. The molecule has 1 fully saturated rings. The Balaban J connectivity index is 1.62. The first-order chi connectivity index (χ1) is 15.4. The summed E-state index contributed by atoms with van der Waals surface area (Å²) >= 11 is 0. The molecule has 3 heterocycles. The number of hydrogen-bond donors (Lipinski definition) is 2. The fourth-order valence-electron chi connectivity index (χ4n) is 3.86. The number of ether oxygens (including phenoxy) is 1. The van der Waals surface area contributed by atoms with Gasteiger partial charge in [0.15, 0.2) is 5.65 Å². The molecule has 0 unspecified atom stereocenters. The van der Waals surface area contributed by atoms with Crippen LogP contribution in [0.25, 0.3) is 5.65 Å². The Kier molecular flexibility index (Phi) is 6.55. The lowest BCUT2D eigenvalue weighted by atomic mass is 10.1. The van der Waals surface area contributed by atoms with E-state index in [-0.39, 0.29) is 17.9 Å². The van der Waals surface area contributed by atoms with Gasteiger partial charge in [-0.05, 0) is 37.4 Å². The minimum Gasteiger partial charge on any atom is -0.460 e. The van der Waals surface area contributed by atoms with Gasteiger partial charge in [0, 0.05) is 37.8 Å². The first-order valence-electron chi connectivity index (χ1n) is 11.1. The Morgan fingerprint density at radius 2 is 1.97 bits per heavy atom. The summed E-state index contributed by atoms with van der Waals surface area (Å²) in [6.07, 6.45) is 3.85. The fourth-order valence-corrected chi connectivity index (χ4v) is 3.86. The van der Waals surface area contributed by atoms with Crippen LogP contribution in [0.1, 0.15) is 50.7 Å². The average molecular weight is 438 g/mol. The predicted octanol–water partition coefficient (Wildman–Crippen LogP) is 3.29. The van der Waals surface area contributed by atoms with E-state index in [2.05, 4.69) is 46.5 Å². The molecule has 1 amide bonds. The number of nitrogens with zero attached hydrogens (tertiary/aromatic N) is 5. The molecule has 0 radical (unpaired) electrons. The zero-order valence-electron chi connectivity index (χ0n) is 19.1. The normalized spacial score (nSPS) is 15.3. The van der Waals surface area contributed by atoms with Crippen LogP contribution in [-0.4, -0.2) is 56.6 Å². The first kappa shape index (κ1) is 22.0. The van der Waals surface area contributed by atoms with Crippen LogP contribution >= 0.6 is 0 Å². The lowest BCUT2D eigenvalue weighted by molar-refractivity contribution is -0.114. The molecule has 0 bridgehead atoms. The van der Waals surface area contributed by atoms with E-state index in [1.807, 2.05) is 30.5 Å². The molecule has 0 saturated carbocycles. The molecule has 1 aromatic carbocycles. The van der Waals surface area contributed by atoms with Crippen LogP contribution in [0.15, 0.2) is 30.5 Å². The third-order valence-corrected chi connectivity index (χ3v) is 5.70. The van der Waals surface area contributed by atoms with Gasteiger partial charge in [-0.15, -0.1) is 0 Å². The highest BCUT2D eigenvalue weighted by atomic mass is 16.5. The minimum atomic E-state index is -0.107. The van der Waals surface area contributed by atoms with Crippen molar-refractivity contribution in [1.82, 2.24) is 24.5 Å². The van der Waals surface area contributed by atoms with Crippen molar-refractivity contribution in [2.24, 2.45) is 0 Å². The summed E-state index contributed by atoms with van der Waals surface area (Å²) in [5, 5.41) is 10.8. The highest BCUT2D eigenvalue weighted by Crippen LogP contribution is 2.25. The van der Waals surface area contributed by atoms with E-state index in [1.54, 1.807) is 4.52 Å². The topological polar surface area (TPSA) is 96.7 Å². The number of fused-ring (bicyclic) bond motifs is 1. The van der Waals surface area contributed by atoms with Crippen molar-refractivity contribution in [3.8, 4) is 6.01 Å². The lowest BCUT2D eigenvalue weighted by Gasteiger charge is -2.28.